The topological polar surface area (TPSA) is 84.9 Å². The monoisotopic (exact) mass is 432 g/mol. The molecule has 0 spiro atoms. The minimum atomic E-state index is -3.74. The molecule has 2 aromatic carbocycles. The lowest BCUT2D eigenvalue weighted by atomic mass is 10.0. The van der Waals surface area contributed by atoms with E-state index in [1.807, 2.05) is 24.3 Å². The van der Waals surface area contributed by atoms with E-state index in [4.69, 9.17) is 9.47 Å². The number of carbonyl (C=O) groups excluding carboxylic acids is 1. The van der Waals surface area contributed by atoms with Crippen LogP contribution in [0.2, 0.25) is 0 Å². The zero-order chi connectivity index (χ0) is 21.7. The molecule has 1 N–H and O–H groups in total. The molecule has 1 aliphatic rings. The summed E-state index contributed by atoms with van der Waals surface area (Å²) in [7, 11) is -2.31. The zero-order valence-corrected chi connectivity index (χ0v) is 18.4. The van der Waals surface area contributed by atoms with E-state index in [1.54, 1.807) is 12.1 Å². The maximum absolute atomic E-state index is 13.1. The summed E-state index contributed by atoms with van der Waals surface area (Å²) < 4.78 is 38.1. The van der Waals surface area contributed by atoms with Gasteiger partial charge in [-0.25, -0.2) is 8.42 Å². The van der Waals surface area contributed by atoms with E-state index in [0.29, 0.717) is 31.9 Å². The fourth-order valence-electron chi connectivity index (χ4n) is 3.45. The van der Waals surface area contributed by atoms with E-state index >= 15 is 0 Å². The third-order valence-electron chi connectivity index (χ3n) is 5.04. The molecule has 0 atom stereocenters. The predicted molar refractivity (Wildman–Crippen MR) is 115 cm³/mol. The van der Waals surface area contributed by atoms with Gasteiger partial charge >= 0.3 is 0 Å². The van der Waals surface area contributed by atoms with Crippen molar-refractivity contribution in [2.75, 3.05) is 38.7 Å². The fraction of sp³-hybridized carbons (Fsp3) is 0.409. The first-order chi connectivity index (χ1) is 14.3. The van der Waals surface area contributed by atoms with Gasteiger partial charge in [0, 0.05) is 18.8 Å². The number of benzene rings is 2. The molecule has 30 heavy (non-hydrogen) atoms. The molecule has 7 nitrogen and oxygen atoms in total. The first-order valence-electron chi connectivity index (χ1n) is 9.96. The lowest BCUT2D eigenvalue weighted by Gasteiger charge is -2.26. The van der Waals surface area contributed by atoms with Crippen LogP contribution in [0, 0.1) is 0 Å². The molecule has 1 aliphatic heterocycles. The smallest absolute Gasteiger partial charge is 0.246 e. The molecule has 0 saturated carbocycles. The van der Waals surface area contributed by atoms with E-state index in [9.17, 15) is 13.2 Å². The standard InChI is InChI=1S/C22H28N2O5S/c1-16(2)18-6-4-5-7-19(18)23-22(25)15-17-8-9-20(28-3)21(14-17)30(26,27)24-10-12-29-13-11-24/h4-9,14,16H,10-13,15H2,1-3H3,(H,23,25). The van der Waals surface area contributed by atoms with Gasteiger partial charge in [0.1, 0.15) is 10.6 Å². The van der Waals surface area contributed by atoms with Crippen LogP contribution in [0.1, 0.15) is 30.9 Å². The molecule has 162 valence electrons. The number of nitrogens with zero attached hydrogens (tertiary/aromatic N) is 1. The Kier molecular flexibility index (Phi) is 7.12. The Labute approximate surface area is 178 Å². The number of nitrogens with one attached hydrogen (secondary N) is 1. The van der Waals surface area contributed by atoms with Gasteiger partial charge < -0.3 is 14.8 Å². The van der Waals surface area contributed by atoms with Crippen LogP contribution in [0.25, 0.3) is 0 Å². The molecular formula is C22H28N2O5S. The highest BCUT2D eigenvalue weighted by Gasteiger charge is 2.29. The lowest BCUT2D eigenvalue weighted by molar-refractivity contribution is -0.115. The van der Waals surface area contributed by atoms with Crippen LogP contribution in [0.3, 0.4) is 0 Å². The highest BCUT2D eigenvalue weighted by molar-refractivity contribution is 7.89. The molecule has 8 heteroatoms. The first-order valence-corrected chi connectivity index (χ1v) is 11.4. The second kappa shape index (κ2) is 9.59. The number of methoxy groups -OCH3 is 1. The van der Waals surface area contributed by atoms with Gasteiger partial charge in [-0.1, -0.05) is 38.1 Å². The maximum Gasteiger partial charge on any atom is 0.246 e. The lowest BCUT2D eigenvalue weighted by Crippen LogP contribution is -2.40. The summed E-state index contributed by atoms with van der Waals surface area (Å²) in [5.74, 6) is 0.326. The van der Waals surface area contributed by atoms with E-state index in [-0.39, 0.29) is 28.9 Å². The third kappa shape index (κ3) is 5.00. The molecule has 0 unspecified atom stereocenters. The van der Waals surface area contributed by atoms with Gasteiger partial charge in [-0.2, -0.15) is 4.31 Å². The summed E-state index contributed by atoms with van der Waals surface area (Å²) in [5, 5.41) is 2.94. The molecule has 3 rings (SSSR count). The largest absolute Gasteiger partial charge is 0.495 e. The molecule has 2 aromatic rings. The first kappa shape index (κ1) is 22.3. The average molecular weight is 433 g/mol. The number of rotatable bonds is 7. The average Bonchev–Trinajstić information content (AvgIpc) is 2.74. The van der Waals surface area contributed by atoms with Gasteiger partial charge in [-0.05, 0) is 35.2 Å². The van der Waals surface area contributed by atoms with Crippen LogP contribution < -0.4 is 10.1 Å². The van der Waals surface area contributed by atoms with Crippen molar-refractivity contribution in [3.05, 3.63) is 53.6 Å². The highest BCUT2D eigenvalue weighted by atomic mass is 32.2. The summed E-state index contributed by atoms with van der Waals surface area (Å²) in [5.41, 5.74) is 2.42. The predicted octanol–water partition coefficient (Wildman–Crippen LogP) is 3.02. The Hall–Kier alpha value is -2.42. The Morgan fingerprint density at radius 2 is 1.87 bits per heavy atom. The Bertz CT molecular complexity index is 998. The van der Waals surface area contributed by atoms with Crippen LogP contribution in [0.4, 0.5) is 5.69 Å². The van der Waals surface area contributed by atoms with Gasteiger partial charge in [0.25, 0.3) is 0 Å². The van der Waals surface area contributed by atoms with Gasteiger partial charge in [0.15, 0.2) is 0 Å². The number of carbonyl (C=O) groups is 1. The molecule has 0 radical (unpaired) electrons. The van der Waals surface area contributed by atoms with Crippen LogP contribution in [-0.2, 0) is 26.0 Å². The van der Waals surface area contributed by atoms with Crippen molar-refractivity contribution in [1.29, 1.82) is 0 Å². The summed E-state index contributed by atoms with van der Waals surface area (Å²) in [6.45, 7) is 5.44. The summed E-state index contributed by atoms with van der Waals surface area (Å²) >= 11 is 0. The Morgan fingerprint density at radius 1 is 1.17 bits per heavy atom. The number of anilines is 1. The minimum absolute atomic E-state index is 0.0576. The molecule has 1 fully saturated rings. The Morgan fingerprint density at radius 3 is 2.53 bits per heavy atom. The molecule has 0 bridgehead atoms. The number of hydrogen-bond donors (Lipinski definition) is 1. The Balaban J connectivity index is 1.82. The van der Waals surface area contributed by atoms with Crippen molar-refractivity contribution in [2.45, 2.75) is 31.1 Å². The SMILES string of the molecule is COc1ccc(CC(=O)Nc2ccccc2C(C)C)cc1S(=O)(=O)N1CCOCC1. The van der Waals surface area contributed by atoms with Crippen molar-refractivity contribution in [1.82, 2.24) is 4.31 Å². The molecule has 1 heterocycles. The number of ether oxygens (including phenoxy) is 2. The maximum atomic E-state index is 13.1. The fourth-order valence-corrected chi connectivity index (χ4v) is 5.07. The van der Waals surface area contributed by atoms with Crippen LogP contribution in [0.15, 0.2) is 47.4 Å². The van der Waals surface area contributed by atoms with Crippen LogP contribution in [0.5, 0.6) is 5.75 Å². The molecule has 1 saturated heterocycles. The number of amides is 1. The molecular weight excluding hydrogens is 404 g/mol. The van der Waals surface area contributed by atoms with E-state index < -0.39 is 10.0 Å². The van der Waals surface area contributed by atoms with E-state index in [0.717, 1.165) is 11.3 Å². The normalized spacial score (nSPS) is 15.2. The van der Waals surface area contributed by atoms with Crippen molar-refractivity contribution in [3.63, 3.8) is 0 Å². The quantitative estimate of drug-likeness (QED) is 0.727. The second-order valence-corrected chi connectivity index (χ2v) is 9.37. The van der Waals surface area contributed by atoms with Crippen molar-refractivity contribution in [3.8, 4) is 5.75 Å². The summed E-state index contributed by atoms with van der Waals surface area (Å²) in [6.07, 6.45) is 0.0576. The molecule has 0 aromatic heterocycles. The van der Waals surface area contributed by atoms with Crippen LogP contribution >= 0.6 is 0 Å². The summed E-state index contributed by atoms with van der Waals surface area (Å²) in [6, 6.07) is 12.5. The second-order valence-electron chi connectivity index (χ2n) is 7.47. The van der Waals surface area contributed by atoms with Gasteiger partial charge in [0.05, 0.1) is 26.7 Å². The number of sulfonamides is 1. The summed E-state index contributed by atoms with van der Waals surface area (Å²) in [4.78, 5) is 12.7. The number of morpholine rings is 1. The molecule has 1 amide bonds. The number of hydrogen-bond acceptors (Lipinski definition) is 5. The highest BCUT2D eigenvalue weighted by Crippen LogP contribution is 2.29. The van der Waals surface area contributed by atoms with Crippen molar-refractivity contribution >= 4 is 21.6 Å². The van der Waals surface area contributed by atoms with Gasteiger partial charge in [0.2, 0.25) is 15.9 Å². The van der Waals surface area contributed by atoms with Crippen molar-refractivity contribution in [2.24, 2.45) is 0 Å². The van der Waals surface area contributed by atoms with Crippen molar-refractivity contribution < 1.29 is 22.7 Å². The number of para-hydroxylation sites is 1. The van der Waals surface area contributed by atoms with Gasteiger partial charge in [-0.15, -0.1) is 0 Å². The zero-order valence-electron chi connectivity index (χ0n) is 17.6. The third-order valence-corrected chi connectivity index (χ3v) is 6.96. The van der Waals surface area contributed by atoms with Crippen LogP contribution in [-0.4, -0.2) is 52.0 Å². The molecule has 0 aliphatic carbocycles. The van der Waals surface area contributed by atoms with E-state index in [2.05, 4.69) is 19.2 Å². The van der Waals surface area contributed by atoms with E-state index in [1.165, 1.54) is 17.5 Å². The van der Waals surface area contributed by atoms with Gasteiger partial charge in [-0.3, -0.25) is 4.79 Å². The minimum Gasteiger partial charge on any atom is -0.495 e.